The van der Waals surface area contributed by atoms with Crippen molar-refractivity contribution in [3.63, 3.8) is 0 Å². The summed E-state index contributed by atoms with van der Waals surface area (Å²) in [6, 6.07) is 5.26. The van der Waals surface area contributed by atoms with Gasteiger partial charge in [0, 0.05) is 23.6 Å². The molecule has 0 heterocycles. The second-order valence-corrected chi connectivity index (χ2v) is 5.47. The van der Waals surface area contributed by atoms with E-state index in [1.165, 1.54) is 0 Å². The Morgan fingerprint density at radius 1 is 1.33 bits per heavy atom. The van der Waals surface area contributed by atoms with E-state index in [2.05, 4.69) is 0 Å². The van der Waals surface area contributed by atoms with Crippen LogP contribution in [0.15, 0.2) is 18.2 Å². The highest BCUT2D eigenvalue weighted by molar-refractivity contribution is 6.34. The molecule has 1 aromatic rings. The van der Waals surface area contributed by atoms with Crippen LogP contribution in [-0.4, -0.2) is 23.4 Å². The summed E-state index contributed by atoms with van der Waals surface area (Å²) in [5, 5.41) is 1.14. The molecule has 1 aromatic carbocycles. The quantitative estimate of drug-likeness (QED) is 0.933. The van der Waals surface area contributed by atoms with Gasteiger partial charge >= 0.3 is 0 Å². The summed E-state index contributed by atoms with van der Waals surface area (Å²) in [6.45, 7) is 0.470. The molecule has 0 saturated heterocycles. The van der Waals surface area contributed by atoms with Gasteiger partial charge in [-0.2, -0.15) is 0 Å². The summed E-state index contributed by atoms with van der Waals surface area (Å²) in [4.78, 5) is 13.6. The van der Waals surface area contributed by atoms with Crippen LogP contribution in [0, 0.1) is 0 Å². The van der Waals surface area contributed by atoms with Crippen LogP contribution in [0.3, 0.4) is 0 Å². The summed E-state index contributed by atoms with van der Waals surface area (Å²) in [6.07, 6.45) is 1.54. The van der Waals surface area contributed by atoms with E-state index >= 15 is 0 Å². The average molecular weight is 310 g/mol. The highest BCUT2D eigenvalue weighted by atomic mass is 35.5. The fraction of sp³-hybridized carbons (Fsp3) is 0.417. The summed E-state index contributed by atoms with van der Waals surface area (Å²) in [7, 11) is 1.74. The van der Waals surface area contributed by atoms with Gasteiger partial charge in [0.25, 0.3) is 0 Å². The number of nitrogens with zero attached hydrogens (tertiary/aromatic N) is 1. The molecule has 0 spiro atoms. The van der Waals surface area contributed by atoms with Crippen molar-refractivity contribution >= 4 is 41.5 Å². The molecule has 1 saturated carbocycles. The number of carbonyl (C=O) groups is 1. The van der Waals surface area contributed by atoms with Crippen LogP contribution in [0.25, 0.3) is 0 Å². The van der Waals surface area contributed by atoms with E-state index in [0.717, 1.165) is 18.4 Å². The fourth-order valence-corrected chi connectivity index (χ4v) is 2.35. The zero-order valence-electron chi connectivity index (χ0n) is 9.95. The number of likely N-dealkylation sites (N-methyl/N-ethyl adjacent to an activating group) is 1. The molecule has 1 fully saturated rings. The highest BCUT2D eigenvalue weighted by Gasteiger charge is 2.47. The highest BCUT2D eigenvalue weighted by Crippen LogP contribution is 2.34. The molecule has 1 amide bonds. The number of rotatable bonds is 3. The smallest absolute Gasteiger partial charge is 0.242 e. The standard InChI is InChI=1S/C12H14Cl2N2O.ClH/c1-16(11(17)12(15)2-3-12)7-8-4-9(13)6-10(14)5-8;/h4-6H,2-3,7,15H2,1H3;1H. The first-order chi connectivity index (χ1) is 7.90. The van der Waals surface area contributed by atoms with E-state index in [0.29, 0.717) is 16.6 Å². The van der Waals surface area contributed by atoms with Gasteiger partial charge < -0.3 is 10.6 Å². The van der Waals surface area contributed by atoms with Crippen molar-refractivity contribution in [1.29, 1.82) is 0 Å². The Balaban J connectivity index is 0.00000162. The van der Waals surface area contributed by atoms with Gasteiger partial charge in [0.2, 0.25) is 5.91 Å². The van der Waals surface area contributed by atoms with Crippen LogP contribution in [0.2, 0.25) is 10.0 Å². The number of hydrogen-bond donors (Lipinski definition) is 1. The lowest BCUT2D eigenvalue weighted by Gasteiger charge is -2.21. The number of carbonyl (C=O) groups excluding carboxylic acids is 1. The fourth-order valence-electron chi connectivity index (χ4n) is 1.78. The predicted octanol–water partition coefficient (Wildman–Crippen LogP) is 2.86. The summed E-state index contributed by atoms with van der Waals surface area (Å²) in [5.74, 6) is -0.0198. The molecule has 0 atom stereocenters. The third-order valence-electron chi connectivity index (χ3n) is 2.90. The number of amides is 1. The first-order valence-electron chi connectivity index (χ1n) is 5.40. The van der Waals surface area contributed by atoms with Gasteiger partial charge in [-0.15, -0.1) is 12.4 Å². The lowest BCUT2D eigenvalue weighted by atomic mass is 10.2. The normalized spacial score (nSPS) is 15.8. The van der Waals surface area contributed by atoms with Gasteiger partial charge in [-0.05, 0) is 36.6 Å². The maximum atomic E-state index is 11.9. The van der Waals surface area contributed by atoms with Crippen molar-refractivity contribution in [1.82, 2.24) is 4.90 Å². The van der Waals surface area contributed by atoms with Crippen LogP contribution in [0.4, 0.5) is 0 Å². The summed E-state index contributed by atoms with van der Waals surface area (Å²) in [5.41, 5.74) is 6.14. The SMILES string of the molecule is CN(Cc1cc(Cl)cc(Cl)c1)C(=O)C1(N)CC1.Cl. The minimum Gasteiger partial charge on any atom is -0.340 e. The Kier molecular flexibility index (Phi) is 4.90. The maximum Gasteiger partial charge on any atom is 0.242 e. The molecular formula is C12H15Cl3N2O. The lowest BCUT2D eigenvalue weighted by molar-refractivity contribution is -0.132. The number of nitrogens with two attached hydrogens (primary N) is 1. The molecule has 0 aromatic heterocycles. The van der Waals surface area contributed by atoms with Crippen molar-refractivity contribution in [3.8, 4) is 0 Å². The van der Waals surface area contributed by atoms with E-state index in [1.807, 2.05) is 0 Å². The Morgan fingerprint density at radius 2 is 1.83 bits per heavy atom. The number of hydrogen-bond acceptors (Lipinski definition) is 2. The molecular weight excluding hydrogens is 295 g/mol. The monoisotopic (exact) mass is 308 g/mol. The largest absolute Gasteiger partial charge is 0.340 e. The first kappa shape index (κ1) is 15.6. The van der Waals surface area contributed by atoms with E-state index in [-0.39, 0.29) is 18.3 Å². The summed E-state index contributed by atoms with van der Waals surface area (Å²) < 4.78 is 0. The van der Waals surface area contributed by atoms with Crippen LogP contribution in [0.1, 0.15) is 18.4 Å². The topological polar surface area (TPSA) is 46.3 Å². The van der Waals surface area contributed by atoms with Gasteiger partial charge in [-0.25, -0.2) is 0 Å². The molecule has 0 bridgehead atoms. The van der Waals surface area contributed by atoms with Crippen LogP contribution in [-0.2, 0) is 11.3 Å². The molecule has 6 heteroatoms. The van der Waals surface area contributed by atoms with E-state index in [9.17, 15) is 4.79 Å². The van der Waals surface area contributed by atoms with Crippen molar-refractivity contribution in [2.24, 2.45) is 5.73 Å². The second kappa shape index (κ2) is 5.66. The average Bonchev–Trinajstić information content (AvgIpc) is 2.95. The number of halogens is 3. The third kappa shape index (κ3) is 3.51. The Bertz CT molecular complexity index is 440. The predicted molar refractivity (Wildman–Crippen MR) is 76.3 cm³/mol. The van der Waals surface area contributed by atoms with E-state index < -0.39 is 5.54 Å². The minimum absolute atomic E-state index is 0. The number of benzene rings is 1. The Labute approximate surface area is 123 Å². The van der Waals surface area contributed by atoms with Crippen molar-refractivity contribution in [3.05, 3.63) is 33.8 Å². The van der Waals surface area contributed by atoms with Gasteiger partial charge in [-0.3, -0.25) is 4.79 Å². The zero-order valence-corrected chi connectivity index (χ0v) is 12.3. The first-order valence-corrected chi connectivity index (χ1v) is 6.16. The van der Waals surface area contributed by atoms with Crippen LogP contribution >= 0.6 is 35.6 Å². The van der Waals surface area contributed by atoms with Crippen molar-refractivity contribution < 1.29 is 4.79 Å². The van der Waals surface area contributed by atoms with Crippen LogP contribution in [0.5, 0.6) is 0 Å². The Hall–Kier alpha value is -0.480. The van der Waals surface area contributed by atoms with E-state index in [1.54, 1.807) is 30.1 Å². The zero-order chi connectivity index (χ0) is 12.6. The van der Waals surface area contributed by atoms with Gasteiger partial charge in [0.05, 0.1) is 5.54 Å². The maximum absolute atomic E-state index is 11.9. The molecule has 0 radical (unpaired) electrons. The molecule has 0 aliphatic heterocycles. The van der Waals surface area contributed by atoms with Crippen LogP contribution < -0.4 is 5.73 Å². The molecule has 1 aliphatic rings. The van der Waals surface area contributed by atoms with Crippen molar-refractivity contribution in [2.45, 2.75) is 24.9 Å². The van der Waals surface area contributed by atoms with Crippen molar-refractivity contribution in [2.75, 3.05) is 7.05 Å². The Morgan fingerprint density at radius 3 is 2.28 bits per heavy atom. The summed E-state index contributed by atoms with van der Waals surface area (Å²) >= 11 is 11.8. The minimum atomic E-state index is -0.628. The molecule has 3 nitrogen and oxygen atoms in total. The van der Waals surface area contributed by atoms with Gasteiger partial charge in [0.1, 0.15) is 0 Å². The molecule has 1 aliphatic carbocycles. The molecule has 0 unspecified atom stereocenters. The van der Waals surface area contributed by atoms with E-state index in [4.69, 9.17) is 28.9 Å². The molecule has 18 heavy (non-hydrogen) atoms. The lowest BCUT2D eigenvalue weighted by Crippen LogP contribution is -2.43. The van der Waals surface area contributed by atoms with Gasteiger partial charge in [-0.1, -0.05) is 23.2 Å². The molecule has 100 valence electrons. The van der Waals surface area contributed by atoms with Gasteiger partial charge in [0.15, 0.2) is 0 Å². The third-order valence-corrected chi connectivity index (χ3v) is 3.34. The molecule has 2 N–H and O–H groups in total. The second-order valence-electron chi connectivity index (χ2n) is 4.60. The molecule has 2 rings (SSSR count).